The van der Waals surface area contributed by atoms with Crippen molar-refractivity contribution in [2.24, 2.45) is 0 Å². The number of fused-ring (bicyclic) bond motifs is 3. The van der Waals surface area contributed by atoms with Gasteiger partial charge >= 0.3 is 5.97 Å². The first-order chi connectivity index (χ1) is 18.1. The molecule has 0 fully saturated rings. The monoisotopic (exact) mass is 522 g/mol. The molecular weight excluding hydrogens is 488 g/mol. The van der Waals surface area contributed by atoms with Crippen LogP contribution in [0.2, 0.25) is 0 Å². The second-order valence-electron chi connectivity index (χ2n) is 9.98. The number of carbonyl (C=O) groups is 1. The molecule has 0 radical (unpaired) electrons. The summed E-state index contributed by atoms with van der Waals surface area (Å²) in [6.45, 7) is 10.1. The summed E-state index contributed by atoms with van der Waals surface area (Å²) < 4.78 is 28.9. The molecule has 0 unspecified atom stereocenters. The maximum Gasteiger partial charge on any atom is 0.305 e. The molecule has 0 saturated heterocycles. The van der Waals surface area contributed by atoms with E-state index in [1.54, 1.807) is 25.1 Å². The first-order valence-electron chi connectivity index (χ1n) is 12.7. The van der Waals surface area contributed by atoms with Gasteiger partial charge in [-0.05, 0) is 59.6 Å². The minimum atomic E-state index is -0.570. The molecule has 1 aliphatic rings. The summed E-state index contributed by atoms with van der Waals surface area (Å²) in [5.74, 6) is 0.753. The van der Waals surface area contributed by atoms with Gasteiger partial charge in [0.2, 0.25) is 5.43 Å². The summed E-state index contributed by atoms with van der Waals surface area (Å²) in [5.41, 5.74) is 1.65. The second kappa shape index (κ2) is 10.8. The molecule has 202 valence electrons. The third-order valence-corrected chi connectivity index (χ3v) is 6.28. The van der Waals surface area contributed by atoms with Crippen LogP contribution in [0.15, 0.2) is 39.1 Å². The Kier molecular flexibility index (Phi) is 7.71. The number of ether oxygens (including phenoxy) is 4. The smallest absolute Gasteiger partial charge is 0.305 e. The molecular formula is C30H34O8. The molecule has 0 spiro atoms. The zero-order chi connectivity index (χ0) is 27.6. The molecule has 2 heterocycles. The van der Waals surface area contributed by atoms with Gasteiger partial charge in [0, 0.05) is 24.1 Å². The molecule has 0 saturated carbocycles. The molecule has 1 aliphatic heterocycles. The highest BCUT2D eigenvalue weighted by atomic mass is 16.5. The van der Waals surface area contributed by atoms with Crippen molar-refractivity contribution in [3.05, 3.63) is 51.2 Å². The molecule has 0 amide bonds. The van der Waals surface area contributed by atoms with Gasteiger partial charge in [0.1, 0.15) is 33.7 Å². The molecule has 3 aromatic rings. The van der Waals surface area contributed by atoms with Gasteiger partial charge in [0.05, 0.1) is 31.3 Å². The average Bonchev–Trinajstić information content (AvgIpc) is 2.84. The lowest BCUT2D eigenvalue weighted by Gasteiger charge is -2.28. The number of hydrogen-bond donors (Lipinski definition) is 1. The molecule has 0 bridgehead atoms. The topological polar surface area (TPSA) is 104 Å². The van der Waals surface area contributed by atoms with Crippen molar-refractivity contribution in [1.82, 2.24) is 0 Å². The predicted octanol–water partition coefficient (Wildman–Crippen LogP) is 6.08. The maximum atomic E-state index is 13.9. The number of carbonyl (C=O) groups excluding carboxylic acids is 1. The fraction of sp³-hybridized carbons (Fsp3) is 0.400. The Bertz CT molecular complexity index is 1500. The van der Waals surface area contributed by atoms with Crippen LogP contribution in [0.25, 0.3) is 28.0 Å². The van der Waals surface area contributed by atoms with Gasteiger partial charge in [-0.25, -0.2) is 0 Å². The van der Waals surface area contributed by atoms with Crippen LogP contribution in [-0.4, -0.2) is 37.0 Å². The van der Waals surface area contributed by atoms with Crippen molar-refractivity contribution in [2.45, 2.75) is 59.5 Å². The molecule has 8 nitrogen and oxygen atoms in total. The normalized spacial score (nSPS) is 13.6. The summed E-state index contributed by atoms with van der Waals surface area (Å²) in [6, 6.07) is 3.25. The highest BCUT2D eigenvalue weighted by Crippen LogP contribution is 2.43. The van der Waals surface area contributed by atoms with Crippen LogP contribution in [0.4, 0.5) is 0 Å². The quantitative estimate of drug-likeness (QED) is 0.156. The molecule has 8 heteroatoms. The summed E-state index contributed by atoms with van der Waals surface area (Å²) in [5, 5.41) is 11.5. The molecule has 2 aromatic carbocycles. The van der Waals surface area contributed by atoms with Gasteiger partial charge in [-0.1, -0.05) is 11.6 Å². The van der Waals surface area contributed by atoms with Crippen LogP contribution in [0.3, 0.4) is 0 Å². The standard InChI is InChI=1S/C30H34O8/c1-7-35-24(31)9-8-14-36-23-16-21-25(19(29(23)34-6)11-10-17(2)3)28(33)26-22(37-21)15-20-18(27(26)32)12-13-30(4,5)38-20/h10,12-13,15-16,32H,7-9,11,14H2,1-6H3. The largest absolute Gasteiger partial charge is 0.506 e. The van der Waals surface area contributed by atoms with Crippen LogP contribution in [0.5, 0.6) is 23.0 Å². The molecule has 1 N–H and O–H groups in total. The lowest BCUT2D eigenvalue weighted by atomic mass is 9.97. The van der Waals surface area contributed by atoms with Crippen molar-refractivity contribution in [2.75, 3.05) is 20.3 Å². The first-order valence-corrected chi connectivity index (χ1v) is 12.7. The summed E-state index contributed by atoms with van der Waals surface area (Å²) in [4.78, 5) is 25.6. The van der Waals surface area contributed by atoms with E-state index in [-0.39, 0.29) is 41.1 Å². The zero-order valence-corrected chi connectivity index (χ0v) is 22.7. The number of rotatable bonds is 9. The molecule has 0 aliphatic carbocycles. The molecule has 38 heavy (non-hydrogen) atoms. The fourth-order valence-corrected chi connectivity index (χ4v) is 4.49. The summed E-state index contributed by atoms with van der Waals surface area (Å²) >= 11 is 0. The highest BCUT2D eigenvalue weighted by Gasteiger charge is 2.28. The van der Waals surface area contributed by atoms with E-state index in [9.17, 15) is 14.7 Å². The number of esters is 1. The Hall–Kier alpha value is -3.94. The molecule has 0 atom stereocenters. The number of methoxy groups -OCH3 is 1. The highest BCUT2D eigenvalue weighted by molar-refractivity contribution is 5.99. The number of phenolic OH excluding ortho intramolecular Hbond substituents is 1. The Morgan fingerprint density at radius 1 is 1.16 bits per heavy atom. The van der Waals surface area contributed by atoms with Crippen LogP contribution >= 0.6 is 0 Å². The van der Waals surface area contributed by atoms with Crippen molar-refractivity contribution in [3.8, 4) is 23.0 Å². The molecule has 4 rings (SSSR count). The van der Waals surface area contributed by atoms with Gasteiger partial charge < -0.3 is 28.5 Å². The number of hydrogen-bond acceptors (Lipinski definition) is 8. The average molecular weight is 523 g/mol. The van der Waals surface area contributed by atoms with E-state index in [1.165, 1.54) is 7.11 Å². The Morgan fingerprint density at radius 3 is 2.58 bits per heavy atom. The van der Waals surface area contributed by atoms with E-state index in [1.807, 2.05) is 39.8 Å². The van der Waals surface area contributed by atoms with Crippen molar-refractivity contribution in [1.29, 1.82) is 0 Å². The number of aromatic hydroxyl groups is 1. The number of benzene rings is 2. The predicted molar refractivity (Wildman–Crippen MR) is 146 cm³/mol. The third kappa shape index (κ3) is 5.35. The van der Waals surface area contributed by atoms with Gasteiger partial charge in [-0.15, -0.1) is 0 Å². The minimum Gasteiger partial charge on any atom is -0.506 e. The number of allylic oxidation sites excluding steroid dienone is 2. The van der Waals surface area contributed by atoms with Crippen LogP contribution < -0.4 is 19.6 Å². The van der Waals surface area contributed by atoms with Gasteiger partial charge in [0.15, 0.2) is 11.5 Å². The fourth-order valence-electron chi connectivity index (χ4n) is 4.49. The van der Waals surface area contributed by atoms with E-state index in [2.05, 4.69) is 0 Å². The number of phenols is 1. The Morgan fingerprint density at radius 2 is 1.89 bits per heavy atom. The van der Waals surface area contributed by atoms with Gasteiger partial charge in [-0.2, -0.15) is 0 Å². The van der Waals surface area contributed by atoms with E-state index in [0.29, 0.717) is 58.8 Å². The summed E-state index contributed by atoms with van der Waals surface area (Å²) in [7, 11) is 1.51. The first kappa shape index (κ1) is 27.1. The summed E-state index contributed by atoms with van der Waals surface area (Å²) in [6.07, 6.45) is 6.64. The second-order valence-corrected chi connectivity index (χ2v) is 9.98. The lowest BCUT2D eigenvalue weighted by molar-refractivity contribution is -0.143. The maximum absolute atomic E-state index is 13.9. The van der Waals surface area contributed by atoms with E-state index in [4.69, 9.17) is 23.4 Å². The van der Waals surface area contributed by atoms with Crippen molar-refractivity contribution >= 4 is 34.0 Å². The van der Waals surface area contributed by atoms with Gasteiger partial charge in [0.25, 0.3) is 0 Å². The Balaban J connectivity index is 1.89. The van der Waals surface area contributed by atoms with Crippen molar-refractivity contribution < 1.29 is 33.3 Å². The Labute approximate surface area is 221 Å². The van der Waals surface area contributed by atoms with E-state index >= 15 is 0 Å². The van der Waals surface area contributed by atoms with Crippen LogP contribution in [0.1, 0.15) is 58.6 Å². The molecule has 1 aromatic heterocycles. The minimum absolute atomic E-state index is 0.0767. The van der Waals surface area contributed by atoms with Gasteiger partial charge in [-0.3, -0.25) is 9.59 Å². The third-order valence-electron chi connectivity index (χ3n) is 6.28. The van der Waals surface area contributed by atoms with E-state index < -0.39 is 5.60 Å². The SMILES string of the molecule is CCOC(=O)CCCOc1cc2oc3cc4c(c(O)c3c(=O)c2c(CC=C(C)C)c1OC)C=CC(C)(C)O4. The van der Waals surface area contributed by atoms with E-state index in [0.717, 1.165) is 5.57 Å². The van der Waals surface area contributed by atoms with Crippen LogP contribution in [0, 0.1) is 0 Å². The lowest BCUT2D eigenvalue weighted by Crippen LogP contribution is -2.27. The van der Waals surface area contributed by atoms with Crippen molar-refractivity contribution in [3.63, 3.8) is 0 Å². The zero-order valence-electron chi connectivity index (χ0n) is 22.7. The van der Waals surface area contributed by atoms with Crippen LogP contribution in [-0.2, 0) is 16.0 Å².